The van der Waals surface area contributed by atoms with Crippen LogP contribution in [0.4, 0.5) is 9.18 Å². The Morgan fingerprint density at radius 3 is 3.00 bits per heavy atom. The lowest BCUT2D eigenvalue weighted by molar-refractivity contribution is 0.172. The van der Waals surface area contributed by atoms with Gasteiger partial charge in [0.2, 0.25) is 0 Å². The maximum Gasteiger partial charge on any atom is 0.317 e. The Balaban J connectivity index is 2.08. The third-order valence-corrected chi connectivity index (χ3v) is 4.24. The second kappa shape index (κ2) is 9.47. The molecule has 6 heteroatoms. The first-order valence-corrected chi connectivity index (χ1v) is 8.74. The lowest BCUT2D eigenvalue weighted by Crippen LogP contribution is -2.43. The fraction of sp³-hybridized carbons (Fsp3) is 0.611. The molecule has 1 heterocycles. The van der Waals surface area contributed by atoms with Gasteiger partial charge in [0.05, 0.1) is 19.3 Å². The van der Waals surface area contributed by atoms with Gasteiger partial charge in [-0.15, -0.1) is 0 Å². The molecule has 2 amide bonds. The number of unbranched alkanes of at least 4 members (excludes halogenated alkanes) is 2. The van der Waals surface area contributed by atoms with Crippen molar-refractivity contribution in [1.29, 1.82) is 0 Å². The molecule has 24 heavy (non-hydrogen) atoms. The number of hydrogen-bond acceptors (Lipinski definition) is 3. The number of aliphatic hydroxyl groups is 1. The number of halogens is 1. The van der Waals surface area contributed by atoms with E-state index in [0.717, 1.165) is 25.7 Å². The van der Waals surface area contributed by atoms with E-state index in [9.17, 15) is 14.3 Å². The van der Waals surface area contributed by atoms with E-state index in [1.54, 1.807) is 17.0 Å². The zero-order valence-electron chi connectivity index (χ0n) is 14.3. The number of urea groups is 1. The maximum absolute atomic E-state index is 14.0. The highest BCUT2D eigenvalue weighted by Crippen LogP contribution is 2.33. The van der Waals surface area contributed by atoms with E-state index in [2.05, 4.69) is 12.2 Å². The Bertz CT molecular complexity index is 539. The third kappa shape index (κ3) is 4.84. The predicted octanol–water partition coefficient (Wildman–Crippen LogP) is 3.23. The first-order chi connectivity index (χ1) is 11.7. The van der Waals surface area contributed by atoms with Gasteiger partial charge >= 0.3 is 6.03 Å². The minimum Gasteiger partial charge on any atom is -0.490 e. The summed E-state index contributed by atoms with van der Waals surface area (Å²) in [7, 11) is 0. The smallest absolute Gasteiger partial charge is 0.317 e. The van der Waals surface area contributed by atoms with Crippen LogP contribution in [-0.2, 0) is 0 Å². The molecule has 1 unspecified atom stereocenters. The van der Waals surface area contributed by atoms with Gasteiger partial charge in [-0.2, -0.15) is 0 Å². The Morgan fingerprint density at radius 2 is 2.25 bits per heavy atom. The largest absolute Gasteiger partial charge is 0.490 e. The summed E-state index contributed by atoms with van der Waals surface area (Å²) in [5, 5.41) is 12.2. The summed E-state index contributed by atoms with van der Waals surface area (Å²) < 4.78 is 19.5. The van der Waals surface area contributed by atoms with Gasteiger partial charge in [0.15, 0.2) is 11.6 Å². The average Bonchev–Trinajstić information content (AvgIpc) is 2.78. The first kappa shape index (κ1) is 18.5. The van der Waals surface area contributed by atoms with E-state index in [4.69, 9.17) is 4.74 Å². The van der Waals surface area contributed by atoms with Crippen LogP contribution in [0, 0.1) is 5.82 Å². The van der Waals surface area contributed by atoms with E-state index < -0.39 is 5.82 Å². The molecule has 1 aliphatic rings. The number of benzene rings is 1. The monoisotopic (exact) mass is 338 g/mol. The van der Waals surface area contributed by atoms with Crippen molar-refractivity contribution in [1.82, 2.24) is 10.2 Å². The maximum atomic E-state index is 14.0. The second-order valence-corrected chi connectivity index (χ2v) is 6.07. The van der Waals surface area contributed by atoms with Gasteiger partial charge in [-0.3, -0.25) is 0 Å². The zero-order chi connectivity index (χ0) is 17.4. The van der Waals surface area contributed by atoms with Crippen molar-refractivity contribution in [3.05, 3.63) is 29.6 Å². The van der Waals surface area contributed by atoms with Crippen molar-refractivity contribution in [2.75, 3.05) is 26.3 Å². The van der Waals surface area contributed by atoms with Crippen LogP contribution in [0.15, 0.2) is 18.2 Å². The van der Waals surface area contributed by atoms with Crippen molar-refractivity contribution < 1.29 is 19.0 Å². The molecule has 0 aromatic heterocycles. The van der Waals surface area contributed by atoms with Gasteiger partial charge in [0.25, 0.3) is 0 Å². The fourth-order valence-electron chi connectivity index (χ4n) is 2.95. The van der Waals surface area contributed by atoms with Gasteiger partial charge in [-0.05, 0) is 25.3 Å². The Kier molecular flexibility index (Phi) is 7.31. The number of nitrogens with zero attached hydrogens (tertiary/aromatic N) is 1. The van der Waals surface area contributed by atoms with E-state index in [1.807, 2.05) is 0 Å². The summed E-state index contributed by atoms with van der Waals surface area (Å²) in [5.74, 6) is -0.163. The molecule has 0 bridgehead atoms. The van der Waals surface area contributed by atoms with Crippen LogP contribution < -0.4 is 10.1 Å². The number of para-hydroxylation sites is 1. The highest BCUT2D eigenvalue weighted by molar-refractivity contribution is 5.75. The Labute approximate surface area is 142 Å². The molecule has 0 radical (unpaired) electrons. The molecule has 1 atom stereocenters. The highest BCUT2D eigenvalue weighted by atomic mass is 19.1. The molecule has 2 rings (SSSR count). The van der Waals surface area contributed by atoms with Gasteiger partial charge in [0.1, 0.15) is 0 Å². The van der Waals surface area contributed by atoms with Crippen molar-refractivity contribution in [3.63, 3.8) is 0 Å². The molecule has 134 valence electrons. The lowest BCUT2D eigenvalue weighted by Gasteiger charge is -2.26. The van der Waals surface area contributed by atoms with E-state index in [0.29, 0.717) is 31.7 Å². The summed E-state index contributed by atoms with van der Waals surface area (Å²) >= 11 is 0. The van der Waals surface area contributed by atoms with Crippen LogP contribution in [0.5, 0.6) is 5.75 Å². The molecule has 0 saturated carbocycles. The predicted molar refractivity (Wildman–Crippen MR) is 90.6 cm³/mol. The summed E-state index contributed by atoms with van der Waals surface area (Å²) in [4.78, 5) is 14.2. The standard InChI is InChI=1S/C18H27FN2O3/c1-2-3-4-10-21(11-12-22)18(23)20-16-9-6-13-24-17-14(16)7-5-8-15(17)19/h5,7-8,16,22H,2-4,6,9-13H2,1H3,(H,20,23). The normalized spacial score (nSPS) is 16.7. The molecular formula is C18H27FN2O3. The number of amides is 2. The summed E-state index contributed by atoms with van der Waals surface area (Å²) in [6.45, 7) is 3.39. The van der Waals surface area contributed by atoms with Crippen molar-refractivity contribution in [2.24, 2.45) is 0 Å². The summed E-state index contributed by atoms with van der Waals surface area (Å²) in [5.41, 5.74) is 0.679. The fourth-order valence-corrected chi connectivity index (χ4v) is 2.95. The second-order valence-electron chi connectivity index (χ2n) is 6.07. The molecule has 0 spiro atoms. The van der Waals surface area contributed by atoms with Gasteiger partial charge in [-0.25, -0.2) is 9.18 Å². The molecule has 1 aromatic rings. The number of nitrogens with one attached hydrogen (secondary N) is 1. The highest BCUT2D eigenvalue weighted by Gasteiger charge is 2.25. The number of carbonyl (C=O) groups excluding carboxylic acids is 1. The van der Waals surface area contributed by atoms with Crippen LogP contribution >= 0.6 is 0 Å². The Hall–Kier alpha value is -1.82. The summed E-state index contributed by atoms with van der Waals surface area (Å²) in [6.07, 6.45) is 4.46. The molecule has 0 saturated heterocycles. The minimum absolute atomic E-state index is 0.0709. The van der Waals surface area contributed by atoms with Crippen molar-refractivity contribution >= 4 is 6.03 Å². The molecule has 2 N–H and O–H groups in total. The minimum atomic E-state index is -0.399. The zero-order valence-corrected chi connectivity index (χ0v) is 14.3. The number of rotatable bonds is 7. The van der Waals surface area contributed by atoms with Crippen LogP contribution in [0.2, 0.25) is 0 Å². The molecule has 1 aliphatic heterocycles. The molecular weight excluding hydrogens is 311 g/mol. The number of hydrogen-bond donors (Lipinski definition) is 2. The van der Waals surface area contributed by atoms with Crippen molar-refractivity contribution in [2.45, 2.75) is 45.1 Å². The number of carbonyl (C=O) groups is 1. The van der Waals surface area contributed by atoms with Gasteiger partial charge in [0, 0.05) is 18.7 Å². The Morgan fingerprint density at radius 1 is 1.42 bits per heavy atom. The average molecular weight is 338 g/mol. The lowest BCUT2D eigenvalue weighted by atomic mass is 10.0. The number of aliphatic hydroxyl groups excluding tert-OH is 1. The topological polar surface area (TPSA) is 61.8 Å². The first-order valence-electron chi connectivity index (χ1n) is 8.74. The SMILES string of the molecule is CCCCCN(CCO)C(=O)NC1CCCOc2c(F)cccc21. The molecule has 0 fully saturated rings. The van der Waals surface area contributed by atoms with Crippen LogP contribution in [-0.4, -0.2) is 42.3 Å². The van der Waals surface area contributed by atoms with Crippen molar-refractivity contribution in [3.8, 4) is 5.75 Å². The van der Waals surface area contributed by atoms with Crippen LogP contribution in [0.1, 0.15) is 50.6 Å². The van der Waals surface area contributed by atoms with E-state index >= 15 is 0 Å². The van der Waals surface area contributed by atoms with Gasteiger partial charge < -0.3 is 20.1 Å². The third-order valence-electron chi connectivity index (χ3n) is 4.24. The van der Waals surface area contributed by atoms with Crippen LogP contribution in [0.25, 0.3) is 0 Å². The number of ether oxygens (including phenoxy) is 1. The quantitative estimate of drug-likeness (QED) is 0.750. The van der Waals surface area contributed by atoms with Gasteiger partial charge in [-0.1, -0.05) is 31.9 Å². The molecule has 0 aliphatic carbocycles. The molecule has 1 aromatic carbocycles. The van der Waals surface area contributed by atoms with Crippen LogP contribution in [0.3, 0.4) is 0 Å². The molecule has 5 nitrogen and oxygen atoms in total. The summed E-state index contributed by atoms with van der Waals surface area (Å²) in [6, 6.07) is 4.29. The van der Waals surface area contributed by atoms with E-state index in [-0.39, 0.29) is 24.4 Å². The van der Waals surface area contributed by atoms with E-state index in [1.165, 1.54) is 6.07 Å². The number of fused-ring (bicyclic) bond motifs is 1.